The molecule has 0 unspecified atom stereocenters. The summed E-state index contributed by atoms with van der Waals surface area (Å²) in [5, 5.41) is 15.5. The van der Waals surface area contributed by atoms with E-state index in [1.165, 1.54) is 12.1 Å². The predicted molar refractivity (Wildman–Crippen MR) is 86.0 cm³/mol. The minimum atomic E-state index is -4.54. The zero-order valence-corrected chi connectivity index (χ0v) is 13.9. The van der Waals surface area contributed by atoms with Crippen molar-refractivity contribution in [2.24, 2.45) is 5.73 Å². The van der Waals surface area contributed by atoms with Crippen molar-refractivity contribution in [3.05, 3.63) is 63.7 Å². The van der Waals surface area contributed by atoms with Gasteiger partial charge in [-0.1, -0.05) is 23.7 Å². The zero-order chi connectivity index (χ0) is 21.0. The largest absolute Gasteiger partial charge is 0.506 e. The molecule has 4 nitrogen and oxygen atoms in total. The van der Waals surface area contributed by atoms with Crippen LogP contribution in [0.5, 0.6) is 5.75 Å². The number of carbonyl (C=O) groups excluding carboxylic acids is 1. The number of hydrogen-bond donors (Lipinski definition) is 3. The van der Waals surface area contributed by atoms with Crippen molar-refractivity contribution in [3.63, 3.8) is 0 Å². The third-order valence-corrected chi connectivity index (χ3v) is 3.36. The summed E-state index contributed by atoms with van der Waals surface area (Å²) in [6.45, 7) is 0. The van der Waals surface area contributed by atoms with Gasteiger partial charge >= 0.3 is 12.4 Å². The Balaban J connectivity index is 0.000000271. The first kappa shape index (κ1) is 22.3. The third kappa shape index (κ3) is 5.88. The van der Waals surface area contributed by atoms with Gasteiger partial charge in [-0.3, -0.25) is 4.79 Å². The highest BCUT2D eigenvalue weighted by Gasteiger charge is 2.34. The van der Waals surface area contributed by atoms with Crippen LogP contribution >= 0.6 is 11.6 Å². The number of primary amides is 1. The number of carbonyl (C=O) groups is 1. The van der Waals surface area contributed by atoms with Crippen molar-refractivity contribution >= 4 is 23.7 Å². The average Bonchev–Trinajstić information content (AvgIpc) is 2.56. The number of amides is 1. The molecule has 0 bridgehead atoms. The number of rotatable bonds is 2. The van der Waals surface area contributed by atoms with Crippen molar-refractivity contribution in [2.75, 3.05) is 0 Å². The minimum absolute atomic E-state index is 0.259. The maximum atomic E-state index is 12.2. The molecule has 0 aromatic heterocycles. The van der Waals surface area contributed by atoms with Crippen molar-refractivity contribution in [3.8, 4) is 5.75 Å². The molecule has 146 valence electrons. The molecule has 2 aromatic carbocycles. The topological polar surface area (TPSA) is 87.2 Å². The fraction of sp³-hybridized carbons (Fsp3) is 0.125. The molecule has 0 saturated carbocycles. The van der Waals surface area contributed by atoms with Crippen molar-refractivity contribution in [2.45, 2.75) is 12.4 Å². The van der Waals surface area contributed by atoms with E-state index < -0.39 is 45.7 Å². The molecule has 0 radical (unpaired) electrons. The fourth-order valence-electron chi connectivity index (χ4n) is 1.84. The van der Waals surface area contributed by atoms with Gasteiger partial charge in [0.2, 0.25) is 5.91 Å². The average molecular weight is 413 g/mol. The van der Waals surface area contributed by atoms with Gasteiger partial charge in [-0.2, -0.15) is 26.3 Å². The lowest BCUT2D eigenvalue weighted by atomic mass is 10.1. The molecule has 1 amide bonds. The van der Waals surface area contributed by atoms with Crippen LogP contribution in [0.2, 0.25) is 5.02 Å². The Labute approximate surface area is 153 Å². The van der Waals surface area contributed by atoms with Crippen LogP contribution in [0.1, 0.15) is 27.0 Å². The van der Waals surface area contributed by atoms with Gasteiger partial charge in [0, 0.05) is 11.8 Å². The van der Waals surface area contributed by atoms with E-state index in [1.807, 2.05) is 0 Å². The standard InChI is InChI=1S/C8H5ClF3NO.C8H6F3NO/c9-6-2-5(8(10,11)12)1-4(3-13)7(6)14;9-8(10,11)6-4-2-1-3-5(6)7(12)13/h1-3,13-14H;1-4H,(H2,12,13). The van der Waals surface area contributed by atoms with E-state index in [-0.39, 0.29) is 5.56 Å². The zero-order valence-electron chi connectivity index (χ0n) is 13.1. The smallest absolute Gasteiger partial charge is 0.417 e. The molecule has 0 fully saturated rings. The molecule has 0 aliphatic carbocycles. The summed E-state index contributed by atoms with van der Waals surface area (Å²) < 4.78 is 73.2. The molecule has 0 atom stereocenters. The minimum Gasteiger partial charge on any atom is -0.506 e. The highest BCUT2D eigenvalue weighted by molar-refractivity contribution is 6.32. The lowest BCUT2D eigenvalue weighted by molar-refractivity contribution is -0.138. The molecule has 0 aliphatic rings. The van der Waals surface area contributed by atoms with E-state index in [0.717, 1.165) is 12.1 Å². The molecule has 4 N–H and O–H groups in total. The van der Waals surface area contributed by atoms with E-state index in [0.29, 0.717) is 18.3 Å². The highest BCUT2D eigenvalue weighted by atomic mass is 35.5. The second-order valence-corrected chi connectivity index (χ2v) is 5.35. The first-order chi connectivity index (χ1) is 12.3. The van der Waals surface area contributed by atoms with Crippen LogP contribution in [0.15, 0.2) is 36.4 Å². The Morgan fingerprint density at radius 2 is 1.63 bits per heavy atom. The molecule has 0 spiro atoms. The highest BCUT2D eigenvalue weighted by Crippen LogP contribution is 2.36. The van der Waals surface area contributed by atoms with Crippen molar-refractivity contribution in [1.82, 2.24) is 0 Å². The van der Waals surface area contributed by atoms with Gasteiger partial charge in [0.25, 0.3) is 0 Å². The SMILES string of the molecule is N=Cc1cc(C(F)(F)F)cc(Cl)c1O.NC(=O)c1ccccc1C(F)(F)F. The Hall–Kier alpha value is -2.75. The Bertz CT molecular complexity index is 850. The summed E-state index contributed by atoms with van der Waals surface area (Å²) in [5.41, 5.74) is 2.02. The monoisotopic (exact) mass is 412 g/mol. The molecule has 2 aromatic rings. The number of aromatic hydroxyl groups is 1. The molecular formula is C16H11ClF6N2O2. The van der Waals surface area contributed by atoms with Crippen molar-refractivity contribution < 1.29 is 36.2 Å². The molecule has 27 heavy (non-hydrogen) atoms. The maximum Gasteiger partial charge on any atom is 0.417 e. The van der Waals surface area contributed by atoms with Crippen LogP contribution in [0.25, 0.3) is 0 Å². The third-order valence-electron chi connectivity index (χ3n) is 3.07. The summed E-state index contributed by atoms with van der Waals surface area (Å²) in [4.78, 5) is 10.6. The molecule has 0 heterocycles. The Morgan fingerprint density at radius 1 is 1.07 bits per heavy atom. The number of nitrogens with one attached hydrogen (secondary N) is 1. The fourth-order valence-corrected chi connectivity index (χ4v) is 2.07. The maximum absolute atomic E-state index is 12.2. The van der Waals surface area contributed by atoms with E-state index in [2.05, 4.69) is 0 Å². The Kier molecular flexibility index (Phi) is 6.85. The number of nitrogens with two attached hydrogens (primary N) is 1. The lowest BCUT2D eigenvalue weighted by Crippen LogP contribution is -2.18. The summed E-state index contributed by atoms with van der Waals surface area (Å²) >= 11 is 5.35. The van der Waals surface area contributed by atoms with Crippen LogP contribution in [0.3, 0.4) is 0 Å². The van der Waals surface area contributed by atoms with Gasteiger partial charge in [0.15, 0.2) is 0 Å². The van der Waals surface area contributed by atoms with Crippen LogP contribution in [-0.2, 0) is 12.4 Å². The quantitative estimate of drug-likeness (QED) is 0.485. The van der Waals surface area contributed by atoms with Gasteiger partial charge in [-0.25, -0.2) is 0 Å². The second-order valence-electron chi connectivity index (χ2n) is 4.95. The summed E-state index contributed by atoms with van der Waals surface area (Å²) in [6, 6.07) is 5.67. The van der Waals surface area contributed by atoms with Gasteiger partial charge in [0.1, 0.15) is 5.75 Å². The number of benzene rings is 2. The number of alkyl halides is 6. The molecule has 0 aliphatic heterocycles. The van der Waals surface area contributed by atoms with E-state index in [1.54, 1.807) is 0 Å². The van der Waals surface area contributed by atoms with Gasteiger partial charge in [-0.05, 0) is 24.3 Å². The number of phenolic OH excluding ortho intramolecular Hbond substituents is 1. The second kappa shape index (κ2) is 8.30. The molecule has 0 saturated heterocycles. The molecular weight excluding hydrogens is 402 g/mol. The number of halogens is 7. The first-order valence-corrected chi connectivity index (χ1v) is 7.23. The Morgan fingerprint density at radius 3 is 2.04 bits per heavy atom. The van der Waals surface area contributed by atoms with Gasteiger partial charge in [-0.15, -0.1) is 0 Å². The predicted octanol–water partition coefficient (Wildman–Crippen LogP) is 4.87. The lowest BCUT2D eigenvalue weighted by Gasteiger charge is -2.09. The number of phenols is 1. The number of hydrogen-bond acceptors (Lipinski definition) is 3. The summed E-state index contributed by atoms with van der Waals surface area (Å²) in [7, 11) is 0. The molecule has 11 heteroatoms. The van der Waals surface area contributed by atoms with Crippen LogP contribution < -0.4 is 5.73 Å². The first-order valence-electron chi connectivity index (χ1n) is 6.85. The van der Waals surface area contributed by atoms with E-state index in [9.17, 15) is 31.1 Å². The van der Waals surface area contributed by atoms with Crippen LogP contribution in [0.4, 0.5) is 26.3 Å². The normalized spacial score (nSPS) is 11.4. The van der Waals surface area contributed by atoms with Crippen LogP contribution in [-0.4, -0.2) is 17.2 Å². The van der Waals surface area contributed by atoms with E-state index in [4.69, 9.17) is 27.9 Å². The van der Waals surface area contributed by atoms with Gasteiger partial charge in [0.05, 0.1) is 21.7 Å². The van der Waals surface area contributed by atoms with Gasteiger partial charge < -0.3 is 16.2 Å². The van der Waals surface area contributed by atoms with E-state index >= 15 is 0 Å². The molecule has 2 rings (SSSR count). The summed E-state index contributed by atoms with van der Waals surface area (Å²) in [6.07, 6.45) is -8.46. The van der Waals surface area contributed by atoms with Crippen LogP contribution in [0, 0.1) is 5.41 Å². The summed E-state index contributed by atoms with van der Waals surface area (Å²) in [5.74, 6) is -1.59. The van der Waals surface area contributed by atoms with Crippen molar-refractivity contribution in [1.29, 1.82) is 5.41 Å².